The Morgan fingerprint density at radius 3 is 2.55 bits per heavy atom. The van der Waals surface area contributed by atoms with Crippen LogP contribution in [0.3, 0.4) is 0 Å². The number of hydrogen-bond donors (Lipinski definition) is 2. The van der Waals surface area contributed by atoms with Crippen LogP contribution in [0.4, 0.5) is 0 Å². The number of nitrogens with zero attached hydrogens (tertiary/aromatic N) is 2. The van der Waals surface area contributed by atoms with Gasteiger partial charge in [0.15, 0.2) is 17.2 Å². The first-order chi connectivity index (χ1) is 14.0. The lowest BCUT2D eigenvalue weighted by molar-refractivity contribution is 0.0729. The lowest BCUT2D eigenvalue weighted by Crippen LogP contribution is -2.18. The summed E-state index contributed by atoms with van der Waals surface area (Å²) < 4.78 is 11.6. The maximum atomic E-state index is 12.3. The zero-order chi connectivity index (χ0) is 20.8. The molecule has 29 heavy (non-hydrogen) atoms. The van der Waals surface area contributed by atoms with E-state index in [0.717, 1.165) is 10.2 Å². The van der Waals surface area contributed by atoms with Crippen LogP contribution in [0.15, 0.2) is 58.1 Å². The van der Waals surface area contributed by atoms with E-state index >= 15 is 0 Å². The second kappa shape index (κ2) is 9.16. The van der Waals surface area contributed by atoms with Crippen LogP contribution in [0.25, 0.3) is 0 Å². The van der Waals surface area contributed by atoms with Crippen molar-refractivity contribution in [3.8, 4) is 11.5 Å². The summed E-state index contributed by atoms with van der Waals surface area (Å²) in [6, 6.07) is 13.3. The first kappa shape index (κ1) is 20.3. The van der Waals surface area contributed by atoms with Gasteiger partial charge in [-0.2, -0.15) is 10.2 Å². The Morgan fingerprint density at radius 2 is 1.90 bits per heavy atom. The summed E-state index contributed by atoms with van der Waals surface area (Å²) in [6.07, 6.45) is 1.44. The number of aryl methyl sites for hydroxylation is 1. The number of hydrazone groups is 1. The number of carbonyl (C=O) groups is 2. The van der Waals surface area contributed by atoms with Crippen molar-refractivity contribution in [2.45, 2.75) is 6.92 Å². The number of halogens is 1. The van der Waals surface area contributed by atoms with Gasteiger partial charge in [0.05, 0.1) is 18.9 Å². The SMILES string of the molecule is COc1cc(/C=N\NC(=O)c2cc(C)[nH]n2)ccc1OC(=O)c1ccc(Br)cc1. The fraction of sp³-hybridized carbons (Fsp3) is 0.100. The maximum Gasteiger partial charge on any atom is 0.343 e. The van der Waals surface area contributed by atoms with Crippen LogP contribution < -0.4 is 14.9 Å². The molecule has 3 rings (SSSR count). The van der Waals surface area contributed by atoms with Gasteiger partial charge in [-0.15, -0.1) is 0 Å². The van der Waals surface area contributed by atoms with E-state index in [0.29, 0.717) is 16.9 Å². The molecule has 1 amide bonds. The minimum Gasteiger partial charge on any atom is -0.493 e. The van der Waals surface area contributed by atoms with E-state index in [-0.39, 0.29) is 11.4 Å². The third-order valence-corrected chi connectivity index (χ3v) is 4.32. The fourth-order valence-electron chi connectivity index (χ4n) is 2.35. The molecule has 1 aromatic heterocycles. The molecule has 1 heterocycles. The molecule has 0 radical (unpaired) electrons. The highest BCUT2D eigenvalue weighted by Crippen LogP contribution is 2.28. The molecule has 0 aliphatic heterocycles. The molecule has 148 valence electrons. The Kier molecular flexibility index (Phi) is 6.40. The van der Waals surface area contributed by atoms with Crippen molar-refractivity contribution in [1.29, 1.82) is 0 Å². The fourth-order valence-corrected chi connectivity index (χ4v) is 2.61. The highest BCUT2D eigenvalue weighted by molar-refractivity contribution is 9.10. The third-order valence-electron chi connectivity index (χ3n) is 3.79. The Balaban J connectivity index is 1.67. The number of carbonyl (C=O) groups excluding carboxylic acids is 2. The molecule has 0 atom stereocenters. The summed E-state index contributed by atoms with van der Waals surface area (Å²) in [6.45, 7) is 1.80. The number of methoxy groups -OCH3 is 1. The molecule has 0 aliphatic rings. The van der Waals surface area contributed by atoms with Gasteiger partial charge >= 0.3 is 5.97 Å². The third kappa shape index (κ3) is 5.29. The van der Waals surface area contributed by atoms with Gasteiger partial charge in [0, 0.05) is 10.2 Å². The van der Waals surface area contributed by atoms with Gasteiger partial charge < -0.3 is 9.47 Å². The maximum absolute atomic E-state index is 12.3. The highest BCUT2D eigenvalue weighted by atomic mass is 79.9. The Hall–Kier alpha value is -3.46. The quantitative estimate of drug-likeness (QED) is 0.255. The summed E-state index contributed by atoms with van der Waals surface area (Å²) in [5, 5.41) is 10.4. The number of aromatic nitrogens is 2. The minimum absolute atomic E-state index is 0.243. The van der Waals surface area contributed by atoms with Gasteiger partial charge in [-0.25, -0.2) is 10.2 Å². The topological polar surface area (TPSA) is 106 Å². The molecule has 9 heteroatoms. The Labute approximate surface area is 175 Å². The van der Waals surface area contributed by atoms with E-state index in [4.69, 9.17) is 9.47 Å². The molecular weight excluding hydrogens is 440 g/mol. The number of ether oxygens (including phenoxy) is 2. The smallest absolute Gasteiger partial charge is 0.343 e. The van der Waals surface area contributed by atoms with Crippen LogP contribution >= 0.6 is 15.9 Å². The minimum atomic E-state index is -0.501. The van der Waals surface area contributed by atoms with Crippen LogP contribution in [0.1, 0.15) is 32.1 Å². The molecular formula is C20H17BrN4O4. The number of amides is 1. The molecule has 0 unspecified atom stereocenters. The molecule has 0 spiro atoms. The molecule has 0 saturated heterocycles. The standard InChI is InChI=1S/C20H17BrN4O4/c1-12-9-16(24-23-12)19(26)25-22-11-13-3-8-17(18(10-13)28-2)29-20(27)14-4-6-15(21)7-5-14/h3-11H,1-2H3,(H,23,24)(H,25,26)/b22-11-. The predicted molar refractivity (Wildman–Crippen MR) is 110 cm³/mol. The van der Waals surface area contributed by atoms with Crippen molar-refractivity contribution in [2.75, 3.05) is 7.11 Å². The van der Waals surface area contributed by atoms with Crippen LogP contribution in [-0.4, -0.2) is 35.4 Å². The van der Waals surface area contributed by atoms with Crippen LogP contribution in [0.2, 0.25) is 0 Å². The average molecular weight is 457 g/mol. The molecule has 3 aromatic rings. The van der Waals surface area contributed by atoms with Crippen molar-refractivity contribution in [3.05, 3.63) is 75.5 Å². The van der Waals surface area contributed by atoms with E-state index in [1.807, 2.05) is 0 Å². The van der Waals surface area contributed by atoms with Crippen molar-refractivity contribution in [3.63, 3.8) is 0 Å². The number of hydrogen-bond acceptors (Lipinski definition) is 6. The van der Waals surface area contributed by atoms with Crippen molar-refractivity contribution in [1.82, 2.24) is 15.6 Å². The van der Waals surface area contributed by atoms with Crippen LogP contribution in [0.5, 0.6) is 11.5 Å². The van der Waals surface area contributed by atoms with Gasteiger partial charge in [0.2, 0.25) is 0 Å². The van der Waals surface area contributed by atoms with Gasteiger partial charge in [-0.1, -0.05) is 15.9 Å². The van der Waals surface area contributed by atoms with Gasteiger partial charge in [-0.3, -0.25) is 9.89 Å². The summed E-state index contributed by atoms with van der Waals surface area (Å²) in [7, 11) is 1.47. The lowest BCUT2D eigenvalue weighted by Gasteiger charge is -2.10. The Morgan fingerprint density at radius 1 is 1.14 bits per heavy atom. The average Bonchev–Trinajstić information content (AvgIpc) is 3.15. The summed E-state index contributed by atoms with van der Waals surface area (Å²) in [5.41, 5.74) is 4.46. The number of benzene rings is 2. The zero-order valence-electron chi connectivity index (χ0n) is 15.6. The van der Waals surface area contributed by atoms with E-state index in [1.165, 1.54) is 13.3 Å². The Bertz CT molecular complexity index is 1060. The number of esters is 1. The molecule has 0 saturated carbocycles. The number of H-pyrrole nitrogens is 1. The van der Waals surface area contributed by atoms with Crippen molar-refractivity contribution in [2.24, 2.45) is 5.10 Å². The van der Waals surface area contributed by atoms with Crippen LogP contribution in [0, 0.1) is 6.92 Å². The van der Waals surface area contributed by atoms with Crippen molar-refractivity contribution < 1.29 is 19.1 Å². The molecule has 0 fully saturated rings. The number of aromatic amines is 1. The van der Waals surface area contributed by atoms with E-state index in [9.17, 15) is 9.59 Å². The van der Waals surface area contributed by atoms with E-state index < -0.39 is 11.9 Å². The summed E-state index contributed by atoms with van der Waals surface area (Å²) in [4.78, 5) is 24.2. The van der Waals surface area contributed by atoms with Gasteiger partial charge in [0.25, 0.3) is 5.91 Å². The molecule has 2 N–H and O–H groups in total. The molecule has 8 nitrogen and oxygen atoms in total. The first-order valence-corrected chi connectivity index (χ1v) is 9.27. The predicted octanol–water partition coefficient (Wildman–Crippen LogP) is 3.47. The van der Waals surface area contributed by atoms with E-state index in [2.05, 4.69) is 36.7 Å². The number of nitrogens with one attached hydrogen (secondary N) is 2. The summed E-state index contributed by atoms with van der Waals surface area (Å²) >= 11 is 3.32. The molecule has 2 aromatic carbocycles. The highest BCUT2D eigenvalue weighted by Gasteiger charge is 2.13. The van der Waals surface area contributed by atoms with Gasteiger partial charge in [0.1, 0.15) is 0 Å². The largest absolute Gasteiger partial charge is 0.493 e. The number of rotatable bonds is 6. The molecule has 0 bridgehead atoms. The summed E-state index contributed by atoms with van der Waals surface area (Å²) in [5.74, 6) is -0.307. The van der Waals surface area contributed by atoms with Gasteiger partial charge in [-0.05, 0) is 61.0 Å². The first-order valence-electron chi connectivity index (χ1n) is 8.47. The van der Waals surface area contributed by atoms with Crippen molar-refractivity contribution >= 4 is 34.0 Å². The molecule has 0 aliphatic carbocycles. The lowest BCUT2D eigenvalue weighted by atomic mass is 10.2. The zero-order valence-corrected chi connectivity index (χ0v) is 17.2. The monoisotopic (exact) mass is 456 g/mol. The second-order valence-electron chi connectivity index (χ2n) is 5.94. The van der Waals surface area contributed by atoms with Crippen LogP contribution in [-0.2, 0) is 0 Å². The van der Waals surface area contributed by atoms with E-state index in [1.54, 1.807) is 55.5 Å². The second-order valence-corrected chi connectivity index (χ2v) is 6.86. The normalized spacial score (nSPS) is 10.7.